The van der Waals surface area contributed by atoms with Crippen molar-refractivity contribution in [1.82, 2.24) is 29.7 Å². The number of aromatic nitrogens is 6. The maximum Gasteiger partial charge on any atom is 0.235 e. The lowest BCUT2D eigenvalue weighted by atomic mass is 9.88. The number of hydrogen-bond donors (Lipinski definition) is 1. The van der Waals surface area contributed by atoms with E-state index in [2.05, 4.69) is 30.4 Å². The summed E-state index contributed by atoms with van der Waals surface area (Å²) in [7, 11) is 0. The SMILES string of the molecule is CC1(C)C(=O)Nc2nc(-c3nn(Cc4ccncc4F)c4ncc(F)cc34)ncc21. The van der Waals surface area contributed by atoms with Gasteiger partial charge in [-0.3, -0.25) is 9.78 Å². The molecule has 0 bridgehead atoms. The summed E-state index contributed by atoms with van der Waals surface area (Å²) in [6.45, 7) is 3.63. The van der Waals surface area contributed by atoms with E-state index < -0.39 is 17.0 Å². The first kappa shape index (κ1) is 18.2. The van der Waals surface area contributed by atoms with Gasteiger partial charge in [-0.1, -0.05) is 0 Å². The lowest BCUT2D eigenvalue weighted by Crippen LogP contribution is -2.26. The summed E-state index contributed by atoms with van der Waals surface area (Å²) in [5.74, 6) is -0.613. The minimum Gasteiger partial charge on any atom is -0.310 e. The molecule has 150 valence electrons. The largest absolute Gasteiger partial charge is 0.310 e. The van der Waals surface area contributed by atoms with E-state index in [4.69, 9.17) is 0 Å². The van der Waals surface area contributed by atoms with Crippen LogP contribution in [-0.2, 0) is 16.8 Å². The van der Waals surface area contributed by atoms with E-state index in [1.165, 1.54) is 23.0 Å². The van der Waals surface area contributed by atoms with Gasteiger partial charge in [-0.25, -0.2) is 28.4 Å². The quantitative estimate of drug-likeness (QED) is 0.561. The number of carbonyl (C=O) groups is 1. The van der Waals surface area contributed by atoms with Crippen LogP contribution in [0.15, 0.2) is 36.9 Å². The summed E-state index contributed by atoms with van der Waals surface area (Å²) in [6.07, 6.45) is 5.23. The van der Waals surface area contributed by atoms with E-state index >= 15 is 0 Å². The zero-order chi connectivity index (χ0) is 21.0. The third-order valence-corrected chi connectivity index (χ3v) is 5.20. The monoisotopic (exact) mass is 407 g/mol. The van der Waals surface area contributed by atoms with Crippen molar-refractivity contribution in [2.45, 2.75) is 25.8 Å². The highest BCUT2D eigenvalue weighted by Gasteiger charge is 2.40. The summed E-state index contributed by atoms with van der Waals surface area (Å²) < 4.78 is 29.5. The first-order valence-corrected chi connectivity index (χ1v) is 9.14. The molecule has 1 aliphatic rings. The van der Waals surface area contributed by atoms with Crippen molar-refractivity contribution in [3.05, 3.63) is 59.7 Å². The number of hydrogen-bond acceptors (Lipinski definition) is 6. The second kappa shape index (κ2) is 6.34. The van der Waals surface area contributed by atoms with Crippen LogP contribution in [0.2, 0.25) is 0 Å². The molecule has 5 rings (SSSR count). The summed E-state index contributed by atoms with van der Waals surface area (Å²) in [5.41, 5.74) is 0.922. The summed E-state index contributed by atoms with van der Waals surface area (Å²) >= 11 is 0. The van der Waals surface area contributed by atoms with Crippen LogP contribution >= 0.6 is 0 Å². The van der Waals surface area contributed by atoms with Crippen LogP contribution < -0.4 is 5.32 Å². The van der Waals surface area contributed by atoms with Gasteiger partial charge in [0.25, 0.3) is 0 Å². The second-order valence-electron chi connectivity index (χ2n) is 7.53. The van der Waals surface area contributed by atoms with E-state index in [-0.39, 0.29) is 24.0 Å². The number of halogens is 2. The van der Waals surface area contributed by atoms with Crippen LogP contribution in [0, 0.1) is 11.6 Å². The molecular formula is C20H15F2N7O. The molecule has 4 aromatic rings. The number of nitrogens with zero attached hydrogens (tertiary/aromatic N) is 6. The molecule has 0 aromatic carbocycles. The third-order valence-electron chi connectivity index (χ3n) is 5.20. The molecule has 4 aromatic heterocycles. The van der Waals surface area contributed by atoms with Crippen molar-refractivity contribution < 1.29 is 13.6 Å². The molecule has 1 amide bonds. The number of nitrogens with one attached hydrogen (secondary N) is 1. The van der Waals surface area contributed by atoms with Gasteiger partial charge in [0.2, 0.25) is 5.91 Å². The van der Waals surface area contributed by atoms with E-state index in [1.807, 2.05) is 0 Å². The fourth-order valence-corrected chi connectivity index (χ4v) is 3.44. The Labute approximate surface area is 169 Å². The molecule has 0 saturated heterocycles. The van der Waals surface area contributed by atoms with E-state index in [9.17, 15) is 13.6 Å². The van der Waals surface area contributed by atoms with Crippen LogP contribution in [0.3, 0.4) is 0 Å². The van der Waals surface area contributed by atoms with Crippen molar-refractivity contribution in [2.75, 3.05) is 5.32 Å². The Morgan fingerprint density at radius 3 is 2.80 bits per heavy atom. The van der Waals surface area contributed by atoms with Crippen molar-refractivity contribution >= 4 is 22.8 Å². The highest BCUT2D eigenvalue weighted by Crippen LogP contribution is 2.37. The predicted molar refractivity (Wildman–Crippen MR) is 103 cm³/mol. The Kier molecular flexibility index (Phi) is 3.85. The highest BCUT2D eigenvalue weighted by atomic mass is 19.1. The number of carbonyl (C=O) groups excluding carboxylic acids is 1. The summed E-state index contributed by atoms with van der Waals surface area (Å²) in [4.78, 5) is 28.8. The maximum atomic E-state index is 14.1. The number of amides is 1. The lowest BCUT2D eigenvalue weighted by Gasteiger charge is -2.13. The van der Waals surface area contributed by atoms with Crippen LogP contribution in [0.5, 0.6) is 0 Å². The van der Waals surface area contributed by atoms with Gasteiger partial charge < -0.3 is 5.32 Å². The summed E-state index contributed by atoms with van der Waals surface area (Å²) in [6, 6.07) is 2.82. The Bertz CT molecular complexity index is 1330. The average molecular weight is 407 g/mol. The molecule has 0 saturated carbocycles. The molecule has 0 unspecified atom stereocenters. The van der Waals surface area contributed by atoms with Gasteiger partial charge >= 0.3 is 0 Å². The van der Waals surface area contributed by atoms with Gasteiger partial charge in [-0.15, -0.1) is 0 Å². The van der Waals surface area contributed by atoms with Gasteiger partial charge in [-0.05, 0) is 26.0 Å². The molecule has 0 radical (unpaired) electrons. The van der Waals surface area contributed by atoms with Crippen LogP contribution in [0.1, 0.15) is 25.0 Å². The first-order valence-electron chi connectivity index (χ1n) is 9.14. The van der Waals surface area contributed by atoms with Crippen LogP contribution in [0.4, 0.5) is 14.6 Å². The average Bonchev–Trinajstić information content (AvgIpc) is 3.17. The molecule has 5 heterocycles. The molecule has 30 heavy (non-hydrogen) atoms. The first-order chi connectivity index (χ1) is 14.3. The molecule has 8 nitrogen and oxygen atoms in total. The summed E-state index contributed by atoms with van der Waals surface area (Å²) in [5, 5.41) is 7.60. The van der Waals surface area contributed by atoms with Crippen LogP contribution in [-0.4, -0.2) is 35.6 Å². The molecule has 0 fully saturated rings. The fraction of sp³-hybridized carbons (Fsp3) is 0.200. The van der Waals surface area contributed by atoms with Crippen molar-refractivity contribution in [3.8, 4) is 11.5 Å². The maximum absolute atomic E-state index is 14.1. The molecule has 0 atom stereocenters. The smallest absolute Gasteiger partial charge is 0.235 e. The number of anilines is 1. The molecule has 1 N–H and O–H groups in total. The predicted octanol–water partition coefficient (Wildman–Crippen LogP) is 2.84. The molecule has 10 heteroatoms. The van der Waals surface area contributed by atoms with Gasteiger partial charge in [-0.2, -0.15) is 5.10 Å². The van der Waals surface area contributed by atoms with Gasteiger partial charge in [0.15, 0.2) is 11.5 Å². The van der Waals surface area contributed by atoms with Gasteiger partial charge in [0.05, 0.1) is 29.7 Å². The normalized spacial score (nSPS) is 14.7. The van der Waals surface area contributed by atoms with Gasteiger partial charge in [0, 0.05) is 23.5 Å². The number of rotatable bonds is 3. The van der Waals surface area contributed by atoms with Crippen molar-refractivity contribution in [2.24, 2.45) is 0 Å². The van der Waals surface area contributed by atoms with E-state index in [0.29, 0.717) is 28.0 Å². The number of fused-ring (bicyclic) bond motifs is 2. The Morgan fingerprint density at radius 1 is 1.17 bits per heavy atom. The molecule has 0 aliphatic carbocycles. The Balaban J connectivity index is 1.66. The van der Waals surface area contributed by atoms with E-state index in [1.54, 1.807) is 20.0 Å². The number of pyridine rings is 2. The topological polar surface area (TPSA) is 98.5 Å². The van der Waals surface area contributed by atoms with Crippen molar-refractivity contribution in [1.29, 1.82) is 0 Å². The fourth-order valence-electron chi connectivity index (χ4n) is 3.44. The Morgan fingerprint density at radius 2 is 2.00 bits per heavy atom. The molecule has 0 spiro atoms. The van der Waals surface area contributed by atoms with E-state index in [0.717, 1.165) is 12.4 Å². The zero-order valence-electron chi connectivity index (χ0n) is 16.0. The molecule has 1 aliphatic heterocycles. The van der Waals surface area contributed by atoms with Gasteiger partial charge in [0.1, 0.15) is 23.1 Å². The van der Waals surface area contributed by atoms with Crippen molar-refractivity contribution in [3.63, 3.8) is 0 Å². The van der Waals surface area contributed by atoms with Crippen LogP contribution in [0.25, 0.3) is 22.6 Å². The molecular weight excluding hydrogens is 392 g/mol. The zero-order valence-corrected chi connectivity index (χ0v) is 16.0. The Hall–Kier alpha value is -3.82. The minimum atomic E-state index is -0.748. The highest BCUT2D eigenvalue weighted by molar-refractivity contribution is 6.04. The second-order valence-corrected chi connectivity index (χ2v) is 7.53. The third kappa shape index (κ3) is 2.71. The standard InChI is InChI=1S/C20H15F2N7O/c1-20(2)13-7-24-17(26-16(13)27-19(20)30)15-12-5-11(21)6-25-18(12)29(28-15)9-10-3-4-23-8-14(10)22/h3-8H,9H2,1-2H3,(H,24,26,27,30). The minimum absolute atomic E-state index is 0.0677. The lowest BCUT2D eigenvalue weighted by molar-refractivity contribution is -0.119.